The summed E-state index contributed by atoms with van der Waals surface area (Å²) in [5.41, 5.74) is 9.16. The third kappa shape index (κ3) is 3.65. The van der Waals surface area contributed by atoms with Crippen molar-refractivity contribution < 1.29 is 4.42 Å². The summed E-state index contributed by atoms with van der Waals surface area (Å²) in [6, 6.07) is 56.8. The highest BCUT2D eigenvalue weighted by Crippen LogP contribution is 2.48. The molecule has 9 aromatic rings. The summed E-state index contributed by atoms with van der Waals surface area (Å²) in [5.74, 6) is 0. The Morgan fingerprint density at radius 2 is 0.837 bits per heavy atom. The quantitative estimate of drug-likeness (QED) is 0.201. The molecule has 8 aromatic carbocycles. The first-order valence-corrected chi connectivity index (χ1v) is 14.8. The number of hydrogen-bond acceptors (Lipinski definition) is 1. The molecule has 200 valence electrons. The Bertz CT molecular complexity index is 2440. The zero-order valence-corrected chi connectivity index (χ0v) is 23.4. The fourth-order valence-corrected chi connectivity index (χ4v) is 6.99. The van der Waals surface area contributed by atoms with Crippen LogP contribution in [0.2, 0.25) is 0 Å². The van der Waals surface area contributed by atoms with Gasteiger partial charge in [-0.1, -0.05) is 140 Å². The van der Waals surface area contributed by atoms with Crippen molar-refractivity contribution in [3.8, 4) is 33.4 Å². The molecule has 0 bridgehead atoms. The third-order valence-electron chi connectivity index (χ3n) is 8.86. The zero-order chi connectivity index (χ0) is 28.3. The van der Waals surface area contributed by atoms with Gasteiger partial charge in [-0.25, -0.2) is 0 Å². The van der Waals surface area contributed by atoms with Crippen molar-refractivity contribution in [3.63, 3.8) is 0 Å². The SMILES string of the molecule is c1ccc(-c2cc3oc4ccccc4c3cc2-c2c3ccccc3c(-c3cccc4ccccc34)c3ccccc23)cc1. The van der Waals surface area contributed by atoms with Crippen molar-refractivity contribution in [3.05, 3.63) is 158 Å². The molecule has 0 N–H and O–H groups in total. The predicted octanol–water partition coefficient (Wildman–Crippen LogP) is 12.0. The highest BCUT2D eigenvalue weighted by atomic mass is 16.3. The second-order valence-corrected chi connectivity index (χ2v) is 11.2. The smallest absolute Gasteiger partial charge is 0.136 e. The van der Waals surface area contributed by atoms with Gasteiger partial charge in [-0.05, 0) is 83.9 Å². The topological polar surface area (TPSA) is 13.1 Å². The van der Waals surface area contributed by atoms with Crippen LogP contribution in [0.1, 0.15) is 0 Å². The molecule has 0 radical (unpaired) electrons. The number of fused-ring (bicyclic) bond motifs is 6. The fraction of sp³-hybridized carbons (Fsp3) is 0. The van der Waals surface area contributed by atoms with E-state index in [1.165, 1.54) is 65.7 Å². The molecule has 0 aliphatic heterocycles. The molecule has 1 heterocycles. The lowest BCUT2D eigenvalue weighted by Crippen LogP contribution is -1.93. The van der Waals surface area contributed by atoms with Crippen LogP contribution < -0.4 is 0 Å². The molecule has 43 heavy (non-hydrogen) atoms. The summed E-state index contributed by atoms with van der Waals surface area (Å²) >= 11 is 0. The summed E-state index contributed by atoms with van der Waals surface area (Å²) < 4.78 is 6.40. The molecule has 0 saturated carbocycles. The Balaban J connectivity index is 1.47. The van der Waals surface area contributed by atoms with E-state index in [0.29, 0.717) is 0 Å². The first-order valence-electron chi connectivity index (χ1n) is 14.8. The second kappa shape index (κ2) is 9.44. The average Bonchev–Trinajstić information content (AvgIpc) is 3.44. The molecule has 0 aliphatic rings. The predicted molar refractivity (Wildman–Crippen MR) is 183 cm³/mol. The lowest BCUT2D eigenvalue weighted by Gasteiger charge is -2.20. The Morgan fingerprint density at radius 3 is 1.53 bits per heavy atom. The number of furan rings is 1. The number of hydrogen-bond donors (Lipinski definition) is 0. The van der Waals surface area contributed by atoms with E-state index in [1.807, 2.05) is 6.07 Å². The highest BCUT2D eigenvalue weighted by molar-refractivity contribution is 6.25. The maximum atomic E-state index is 6.40. The van der Waals surface area contributed by atoms with Gasteiger partial charge >= 0.3 is 0 Å². The van der Waals surface area contributed by atoms with Crippen LogP contribution in [0.3, 0.4) is 0 Å². The van der Waals surface area contributed by atoms with Crippen LogP contribution >= 0.6 is 0 Å². The van der Waals surface area contributed by atoms with Gasteiger partial charge in [0, 0.05) is 10.8 Å². The molecule has 1 aromatic heterocycles. The first kappa shape index (κ1) is 24.0. The molecular weight excluding hydrogens is 520 g/mol. The van der Waals surface area contributed by atoms with Gasteiger partial charge in [-0.2, -0.15) is 0 Å². The van der Waals surface area contributed by atoms with Gasteiger partial charge in [-0.3, -0.25) is 0 Å². The van der Waals surface area contributed by atoms with E-state index >= 15 is 0 Å². The minimum atomic E-state index is 0.907. The molecule has 1 nitrogen and oxygen atoms in total. The molecule has 0 saturated heterocycles. The van der Waals surface area contributed by atoms with Crippen molar-refractivity contribution >= 4 is 54.3 Å². The average molecular weight is 547 g/mol. The van der Waals surface area contributed by atoms with Gasteiger partial charge in [0.15, 0.2) is 0 Å². The van der Waals surface area contributed by atoms with E-state index in [0.717, 1.165) is 21.9 Å². The Labute approximate surface area is 249 Å². The molecule has 0 amide bonds. The second-order valence-electron chi connectivity index (χ2n) is 11.2. The van der Waals surface area contributed by atoms with E-state index < -0.39 is 0 Å². The fourth-order valence-electron chi connectivity index (χ4n) is 6.99. The van der Waals surface area contributed by atoms with Crippen molar-refractivity contribution in [2.24, 2.45) is 0 Å². The van der Waals surface area contributed by atoms with E-state index in [1.54, 1.807) is 0 Å². The lowest BCUT2D eigenvalue weighted by molar-refractivity contribution is 0.669. The Kier molecular flexibility index (Phi) is 5.27. The zero-order valence-electron chi connectivity index (χ0n) is 23.4. The van der Waals surface area contributed by atoms with Gasteiger partial charge in [0.2, 0.25) is 0 Å². The number of para-hydroxylation sites is 1. The molecule has 0 spiro atoms. The summed E-state index contributed by atoms with van der Waals surface area (Å²) in [5, 5.41) is 9.79. The van der Waals surface area contributed by atoms with Gasteiger partial charge in [-0.15, -0.1) is 0 Å². The van der Waals surface area contributed by atoms with Crippen LogP contribution in [0.25, 0.3) is 87.6 Å². The highest BCUT2D eigenvalue weighted by Gasteiger charge is 2.21. The van der Waals surface area contributed by atoms with Crippen LogP contribution in [0.4, 0.5) is 0 Å². The number of rotatable bonds is 3. The number of benzene rings is 8. The van der Waals surface area contributed by atoms with Crippen molar-refractivity contribution in [2.75, 3.05) is 0 Å². The summed E-state index contributed by atoms with van der Waals surface area (Å²) in [7, 11) is 0. The lowest BCUT2D eigenvalue weighted by atomic mass is 9.82. The maximum Gasteiger partial charge on any atom is 0.136 e. The standard InChI is InChI=1S/C42H26O/c1-2-13-28(14-3-1)36-26-40-37(30-18-10-11-24-39(30)43-40)25-38(36)42-34-21-8-6-19-32(34)41(33-20-7-9-22-35(33)42)31-23-12-16-27-15-4-5-17-29(27)31/h1-26H. The van der Waals surface area contributed by atoms with Gasteiger partial charge < -0.3 is 4.42 Å². The summed E-state index contributed by atoms with van der Waals surface area (Å²) in [4.78, 5) is 0. The van der Waals surface area contributed by atoms with Crippen LogP contribution in [-0.2, 0) is 0 Å². The Hall–Kier alpha value is -5.66. The minimum absolute atomic E-state index is 0.907. The van der Waals surface area contributed by atoms with Crippen LogP contribution in [0.15, 0.2) is 162 Å². The normalized spacial score (nSPS) is 11.7. The summed E-state index contributed by atoms with van der Waals surface area (Å²) in [6.45, 7) is 0. The minimum Gasteiger partial charge on any atom is -0.456 e. The van der Waals surface area contributed by atoms with Gasteiger partial charge in [0.05, 0.1) is 0 Å². The molecule has 0 atom stereocenters. The van der Waals surface area contributed by atoms with Gasteiger partial charge in [0.1, 0.15) is 11.2 Å². The van der Waals surface area contributed by atoms with Crippen LogP contribution in [-0.4, -0.2) is 0 Å². The molecular formula is C42H26O. The monoisotopic (exact) mass is 546 g/mol. The van der Waals surface area contributed by atoms with Gasteiger partial charge in [0.25, 0.3) is 0 Å². The molecule has 0 fully saturated rings. The van der Waals surface area contributed by atoms with E-state index in [9.17, 15) is 0 Å². The van der Waals surface area contributed by atoms with Crippen molar-refractivity contribution in [1.82, 2.24) is 0 Å². The van der Waals surface area contributed by atoms with Crippen molar-refractivity contribution in [2.45, 2.75) is 0 Å². The van der Waals surface area contributed by atoms with Crippen LogP contribution in [0.5, 0.6) is 0 Å². The largest absolute Gasteiger partial charge is 0.456 e. The van der Waals surface area contributed by atoms with E-state index in [2.05, 4.69) is 152 Å². The third-order valence-corrected chi connectivity index (χ3v) is 8.86. The maximum absolute atomic E-state index is 6.40. The molecule has 0 aliphatic carbocycles. The van der Waals surface area contributed by atoms with E-state index in [4.69, 9.17) is 4.42 Å². The van der Waals surface area contributed by atoms with Crippen molar-refractivity contribution in [1.29, 1.82) is 0 Å². The molecule has 9 rings (SSSR count). The summed E-state index contributed by atoms with van der Waals surface area (Å²) in [6.07, 6.45) is 0. The Morgan fingerprint density at radius 1 is 0.302 bits per heavy atom. The first-order chi connectivity index (χ1) is 21.3. The van der Waals surface area contributed by atoms with Crippen LogP contribution in [0, 0.1) is 0 Å². The van der Waals surface area contributed by atoms with E-state index in [-0.39, 0.29) is 0 Å². The molecule has 0 unspecified atom stereocenters. The molecule has 1 heteroatoms.